The van der Waals surface area contributed by atoms with Gasteiger partial charge in [0.05, 0.1) is 6.20 Å². The first-order valence-corrected chi connectivity index (χ1v) is 9.55. The molecule has 1 aromatic heterocycles. The summed E-state index contributed by atoms with van der Waals surface area (Å²) >= 11 is 0. The molecule has 0 radical (unpaired) electrons. The summed E-state index contributed by atoms with van der Waals surface area (Å²) in [4.78, 5) is 48.9. The predicted molar refractivity (Wildman–Crippen MR) is 99.8 cm³/mol. The molecule has 0 aromatic carbocycles. The molecule has 0 spiro atoms. The van der Waals surface area contributed by atoms with Crippen molar-refractivity contribution in [2.45, 2.75) is 64.2 Å². The molecular weight excluding hydrogens is 405 g/mol. The zero-order valence-corrected chi connectivity index (χ0v) is 16.8. The van der Waals surface area contributed by atoms with Gasteiger partial charge in [0.2, 0.25) is 11.7 Å². The molecule has 4 N–H and O–H groups in total. The second-order valence-corrected chi connectivity index (χ2v) is 7.36. The van der Waals surface area contributed by atoms with Crippen molar-refractivity contribution in [2.24, 2.45) is 5.92 Å². The van der Waals surface area contributed by atoms with Crippen LogP contribution in [0.1, 0.15) is 39.8 Å². The first-order valence-electron chi connectivity index (χ1n) is 9.55. The Morgan fingerprint density at radius 2 is 2.00 bits per heavy atom. The maximum atomic E-state index is 13.5. The number of nitrogens with zero attached hydrogens (tertiary/aromatic N) is 1. The quantitative estimate of drug-likeness (QED) is 0.373. The Labute approximate surface area is 170 Å². The van der Waals surface area contributed by atoms with E-state index < -0.39 is 60.2 Å². The van der Waals surface area contributed by atoms with Gasteiger partial charge in [0.1, 0.15) is 31.0 Å². The van der Waals surface area contributed by atoms with Crippen molar-refractivity contribution >= 4 is 11.9 Å². The van der Waals surface area contributed by atoms with Crippen LogP contribution in [0.15, 0.2) is 15.8 Å². The van der Waals surface area contributed by atoms with Crippen molar-refractivity contribution in [3.8, 4) is 0 Å². The van der Waals surface area contributed by atoms with Crippen LogP contribution in [0.3, 0.4) is 0 Å². The lowest BCUT2D eigenvalue weighted by atomic mass is 10.0. The lowest BCUT2D eigenvalue weighted by Gasteiger charge is -2.22. The van der Waals surface area contributed by atoms with E-state index in [0.29, 0.717) is 17.2 Å². The molecule has 0 saturated carbocycles. The smallest absolute Gasteiger partial charge is 0.330 e. The second kappa shape index (κ2) is 9.96. The lowest BCUT2D eigenvalue weighted by molar-refractivity contribution is -0.155. The number of carbonyl (C=O) groups excluding carboxylic acids is 2. The molecule has 12 heteroatoms. The molecule has 168 valence electrons. The van der Waals surface area contributed by atoms with Gasteiger partial charge in [-0.1, -0.05) is 20.8 Å². The van der Waals surface area contributed by atoms with Crippen molar-refractivity contribution in [1.29, 1.82) is 0 Å². The third-order valence-corrected chi connectivity index (χ3v) is 4.64. The molecule has 1 fully saturated rings. The fourth-order valence-electron chi connectivity index (χ4n) is 2.97. The highest BCUT2D eigenvalue weighted by molar-refractivity contribution is 5.84. The first kappa shape index (κ1) is 23.7. The molecule has 1 aliphatic rings. The zero-order chi connectivity index (χ0) is 22.6. The standard InChI is InChI=1S/C18H26FN3O8/c1-4-5-11(23)20-12(8(2)3)17(27)29-7-10-13(24)14(25)16(30-10)22-6-9(19)15(26)21-18(22)28/h6,8,10,12-14,16,24-25H,4-5,7H2,1-3H3,(H,20,23)(H,21,26,28)/t10-,12+,13-,14-,16-/m1/s1. The van der Waals surface area contributed by atoms with Crippen LogP contribution in [0, 0.1) is 11.7 Å². The molecule has 1 amide bonds. The summed E-state index contributed by atoms with van der Waals surface area (Å²) in [5.74, 6) is -2.61. The van der Waals surface area contributed by atoms with E-state index in [1.807, 2.05) is 6.92 Å². The number of ether oxygens (including phenoxy) is 2. The van der Waals surface area contributed by atoms with E-state index in [-0.39, 0.29) is 18.2 Å². The Hall–Kier alpha value is -2.57. The van der Waals surface area contributed by atoms with Crippen LogP contribution in [-0.4, -0.2) is 62.6 Å². The maximum absolute atomic E-state index is 13.5. The molecule has 1 aromatic rings. The summed E-state index contributed by atoms with van der Waals surface area (Å²) < 4.78 is 24.6. The number of rotatable bonds is 8. The number of aliphatic hydroxyl groups is 2. The first-order chi connectivity index (χ1) is 14.1. The minimum Gasteiger partial charge on any atom is -0.461 e. The van der Waals surface area contributed by atoms with E-state index in [0.717, 1.165) is 0 Å². The van der Waals surface area contributed by atoms with Gasteiger partial charge in [0, 0.05) is 6.42 Å². The summed E-state index contributed by atoms with van der Waals surface area (Å²) in [5, 5.41) is 22.9. The second-order valence-electron chi connectivity index (χ2n) is 7.36. The summed E-state index contributed by atoms with van der Waals surface area (Å²) in [6, 6.07) is -0.917. The number of esters is 1. The predicted octanol–water partition coefficient (Wildman–Crippen LogP) is -1.22. The van der Waals surface area contributed by atoms with Crippen LogP contribution in [0.25, 0.3) is 0 Å². The maximum Gasteiger partial charge on any atom is 0.330 e. The Balaban J connectivity index is 2.06. The Bertz CT molecular complexity index is 883. The van der Waals surface area contributed by atoms with Crippen LogP contribution in [-0.2, 0) is 19.1 Å². The van der Waals surface area contributed by atoms with Gasteiger partial charge in [-0.2, -0.15) is 4.39 Å². The summed E-state index contributed by atoms with van der Waals surface area (Å²) in [6.45, 7) is 4.77. The SMILES string of the molecule is CCCC(=O)N[C@H](C(=O)OC[C@H]1O[C@@H](n2cc(F)c(=O)[nH]c2=O)[C@H](O)[C@@H]1O)C(C)C. The minimum absolute atomic E-state index is 0.249. The van der Waals surface area contributed by atoms with Crippen LogP contribution in [0.4, 0.5) is 4.39 Å². The minimum atomic E-state index is -1.65. The number of aliphatic hydroxyl groups excluding tert-OH is 2. The molecule has 2 rings (SSSR count). The topological polar surface area (TPSA) is 160 Å². The number of carbonyl (C=O) groups is 2. The van der Waals surface area contributed by atoms with E-state index in [1.54, 1.807) is 18.8 Å². The van der Waals surface area contributed by atoms with E-state index >= 15 is 0 Å². The van der Waals surface area contributed by atoms with E-state index in [9.17, 15) is 33.8 Å². The molecule has 2 heterocycles. The monoisotopic (exact) mass is 431 g/mol. The van der Waals surface area contributed by atoms with Crippen molar-refractivity contribution in [3.05, 3.63) is 32.9 Å². The van der Waals surface area contributed by atoms with Gasteiger partial charge >= 0.3 is 11.7 Å². The molecule has 11 nitrogen and oxygen atoms in total. The van der Waals surface area contributed by atoms with Crippen LogP contribution >= 0.6 is 0 Å². The normalized spacial score (nSPS) is 24.6. The molecule has 30 heavy (non-hydrogen) atoms. The number of aromatic nitrogens is 2. The van der Waals surface area contributed by atoms with Crippen LogP contribution < -0.4 is 16.6 Å². The number of nitrogens with one attached hydrogen (secondary N) is 2. The molecular formula is C18H26FN3O8. The average molecular weight is 431 g/mol. The van der Waals surface area contributed by atoms with Crippen LogP contribution in [0.5, 0.6) is 0 Å². The Kier molecular flexibility index (Phi) is 7.87. The Morgan fingerprint density at radius 1 is 1.33 bits per heavy atom. The lowest BCUT2D eigenvalue weighted by Crippen LogP contribution is -2.46. The van der Waals surface area contributed by atoms with Gasteiger partial charge in [-0.05, 0) is 12.3 Å². The number of aromatic amines is 1. The number of halogens is 1. The van der Waals surface area contributed by atoms with E-state index in [1.165, 1.54) is 0 Å². The van der Waals surface area contributed by atoms with Gasteiger partial charge < -0.3 is 25.0 Å². The number of H-pyrrole nitrogens is 1. The third kappa shape index (κ3) is 5.32. The van der Waals surface area contributed by atoms with Gasteiger partial charge in [0.15, 0.2) is 6.23 Å². The van der Waals surface area contributed by atoms with Gasteiger partial charge in [-0.3, -0.25) is 19.1 Å². The van der Waals surface area contributed by atoms with Crippen molar-refractivity contribution in [2.75, 3.05) is 6.61 Å². The number of hydrogen-bond donors (Lipinski definition) is 4. The number of hydrogen-bond acceptors (Lipinski definition) is 8. The van der Waals surface area contributed by atoms with Crippen molar-refractivity contribution < 1.29 is 33.7 Å². The summed E-state index contributed by atoms with van der Waals surface area (Å²) in [6.07, 6.45) is -4.54. The molecule has 0 aliphatic carbocycles. The highest BCUT2D eigenvalue weighted by Gasteiger charge is 2.45. The zero-order valence-electron chi connectivity index (χ0n) is 16.8. The fraction of sp³-hybridized carbons (Fsp3) is 0.667. The largest absolute Gasteiger partial charge is 0.461 e. The third-order valence-electron chi connectivity index (χ3n) is 4.64. The van der Waals surface area contributed by atoms with Gasteiger partial charge in [0.25, 0.3) is 5.56 Å². The van der Waals surface area contributed by atoms with Gasteiger partial charge in [-0.15, -0.1) is 0 Å². The molecule has 0 bridgehead atoms. The molecule has 5 atom stereocenters. The van der Waals surface area contributed by atoms with E-state index in [2.05, 4.69) is 5.32 Å². The fourth-order valence-corrected chi connectivity index (χ4v) is 2.97. The summed E-state index contributed by atoms with van der Waals surface area (Å²) in [5.41, 5.74) is -2.28. The van der Waals surface area contributed by atoms with Gasteiger partial charge in [-0.25, -0.2) is 9.59 Å². The average Bonchev–Trinajstić information content (AvgIpc) is 2.95. The number of amides is 1. The highest BCUT2D eigenvalue weighted by Crippen LogP contribution is 2.28. The molecule has 1 saturated heterocycles. The Morgan fingerprint density at radius 3 is 2.60 bits per heavy atom. The van der Waals surface area contributed by atoms with Crippen LogP contribution in [0.2, 0.25) is 0 Å². The highest BCUT2D eigenvalue weighted by atomic mass is 19.1. The van der Waals surface area contributed by atoms with Crippen molar-refractivity contribution in [1.82, 2.24) is 14.9 Å². The molecule has 1 aliphatic heterocycles. The molecule has 0 unspecified atom stereocenters. The summed E-state index contributed by atoms with van der Waals surface area (Å²) in [7, 11) is 0. The van der Waals surface area contributed by atoms with E-state index in [4.69, 9.17) is 9.47 Å². The van der Waals surface area contributed by atoms with Crippen molar-refractivity contribution in [3.63, 3.8) is 0 Å².